The van der Waals surface area contributed by atoms with Gasteiger partial charge in [0.25, 0.3) is 0 Å². The van der Waals surface area contributed by atoms with Crippen LogP contribution in [0.2, 0.25) is 0 Å². The van der Waals surface area contributed by atoms with Crippen molar-refractivity contribution in [3.05, 3.63) is 0 Å². The van der Waals surface area contributed by atoms with Crippen molar-refractivity contribution in [1.82, 2.24) is 5.32 Å². The summed E-state index contributed by atoms with van der Waals surface area (Å²) < 4.78 is 0. The summed E-state index contributed by atoms with van der Waals surface area (Å²) in [6.45, 7) is 9.33. The molecule has 0 heterocycles. The first-order valence-corrected chi connectivity index (χ1v) is 4.54. The minimum atomic E-state index is 0.235. The van der Waals surface area contributed by atoms with E-state index in [-0.39, 0.29) is 5.84 Å². The van der Waals surface area contributed by atoms with Gasteiger partial charge in [-0.25, -0.2) is 0 Å². The molecule has 0 spiro atoms. The topological polar surface area (TPSA) is 70.6 Å². The van der Waals surface area contributed by atoms with Crippen LogP contribution in [0.15, 0.2) is 5.16 Å². The Morgan fingerprint density at radius 3 is 2.15 bits per heavy atom. The van der Waals surface area contributed by atoms with Crippen LogP contribution in [-0.4, -0.2) is 23.6 Å². The fourth-order valence-corrected chi connectivity index (χ4v) is 1.95. The van der Waals surface area contributed by atoms with Gasteiger partial charge in [-0.15, -0.1) is 0 Å². The SMILES string of the molecule is CC1(C)C(NCC(N)=NO)C1(C)C. The Hall–Kier alpha value is -0.770. The molecule has 0 aliphatic heterocycles. The van der Waals surface area contributed by atoms with Crippen molar-refractivity contribution in [2.75, 3.05) is 6.54 Å². The third-order valence-corrected chi connectivity index (χ3v) is 3.64. The van der Waals surface area contributed by atoms with Gasteiger partial charge in [0.1, 0.15) is 0 Å². The summed E-state index contributed by atoms with van der Waals surface area (Å²) in [5, 5.41) is 14.5. The average Bonchev–Trinajstić information content (AvgIpc) is 2.40. The Labute approximate surface area is 79.2 Å². The van der Waals surface area contributed by atoms with E-state index in [2.05, 4.69) is 38.2 Å². The van der Waals surface area contributed by atoms with Crippen LogP contribution in [0.3, 0.4) is 0 Å². The third kappa shape index (κ3) is 1.50. The third-order valence-electron chi connectivity index (χ3n) is 3.64. The molecule has 0 saturated heterocycles. The molecule has 0 bridgehead atoms. The Balaban J connectivity index is 2.43. The molecule has 0 aromatic carbocycles. The molecule has 0 unspecified atom stereocenters. The van der Waals surface area contributed by atoms with Crippen molar-refractivity contribution in [3.8, 4) is 0 Å². The predicted octanol–water partition coefficient (Wildman–Crippen LogP) is 0.757. The average molecular weight is 185 g/mol. The van der Waals surface area contributed by atoms with E-state index >= 15 is 0 Å². The van der Waals surface area contributed by atoms with Crippen LogP contribution < -0.4 is 11.1 Å². The molecule has 13 heavy (non-hydrogen) atoms. The lowest BCUT2D eigenvalue weighted by molar-refractivity contribution is 0.316. The predicted molar refractivity (Wildman–Crippen MR) is 52.8 cm³/mol. The maximum absolute atomic E-state index is 8.35. The number of nitrogens with one attached hydrogen (secondary N) is 1. The molecule has 76 valence electrons. The molecule has 1 aliphatic carbocycles. The molecule has 0 amide bonds. The van der Waals surface area contributed by atoms with Crippen molar-refractivity contribution < 1.29 is 5.21 Å². The van der Waals surface area contributed by atoms with E-state index < -0.39 is 0 Å². The van der Waals surface area contributed by atoms with Crippen LogP contribution in [0.5, 0.6) is 0 Å². The van der Waals surface area contributed by atoms with E-state index in [0.717, 1.165) is 0 Å². The molecule has 1 fully saturated rings. The summed E-state index contributed by atoms with van der Waals surface area (Å²) in [7, 11) is 0. The fraction of sp³-hybridized carbons (Fsp3) is 0.889. The summed E-state index contributed by atoms with van der Waals surface area (Å²) in [4.78, 5) is 0. The maximum Gasteiger partial charge on any atom is 0.153 e. The van der Waals surface area contributed by atoms with Crippen LogP contribution in [-0.2, 0) is 0 Å². The second-order valence-corrected chi connectivity index (χ2v) is 4.85. The largest absolute Gasteiger partial charge is 0.409 e. The van der Waals surface area contributed by atoms with E-state index in [1.807, 2.05) is 0 Å². The van der Waals surface area contributed by atoms with Gasteiger partial charge >= 0.3 is 0 Å². The summed E-state index contributed by atoms with van der Waals surface area (Å²) in [6.07, 6.45) is 0. The van der Waals surface area contributed by atoms with E-state index in [9.17, 15) is 0 Å². The van der Waals surface area contributed by atoms with E-state index in [1.54, 1.807) is 0 Å². The molecule has 0 atom stereocenters. The van der Waals surface area contributed by atoms with Crippen molar-refractivity contribution in [1.29, 1.82) is 0 Å². The van der Waals surface area contributed by atoms with Gasteiger partial charge in [0.15, 0.2) is 5.84 Å². The normalized spacial score (nSPS) is 26.0. The first-order valence-electron chi connectivity index (χ1n) is 4.54. The van der Waals surface area contributed by atoms with Gasteiger partial charge < -0.3 is 16.3 Å². The van der Waals surface area contributed by atoms with Gasteiger partial charge in [0.05, 0.1) is 6.54 Å². The smallest absolute Gasteiger partial charge is 0.153 e. The number of rotatable bonds is 3. The zero-order chi connectivity index (χ0) is 10.3. The summed E-state index contributed by atoms with van der Waals surface area (Å²) in [5.74, 6) is 0.235. The highest BCUT2D eigenvalue weighted by molar-refractivity contribution is 5.81. The lowest BCUT2D eigenvalue weighted by Crippen LogP contribution is -2.33. The molecule has 1 rings (SSSR count). The highest BCUT2D eigenvalue weighted by Gasteiger charge is 2.64. The van der Waals surface area contributed by atoms with Gasteiger partial charge in [0, 0.05) is 6.04 Å². The lowest BCUT2D eigenvalue weighted by atomic mass is 10.0. The summed E-state index contributed by atoms with van der Waals surface area (Å²) in [6, 6.07) is 0.445. The Bertz CT molecular complexity index is 219. The molecule has 1 aliphatic rings. The van der Waals surface area contributed by atoms with E-state index in [1.165, 1.54) is 0 Å². The second kappa shape index (κ2) is 2.87. The standard InChI is InChI=1S/C9H19N3O/c1-8(2)7(9(8,3)4)11-5-6(10)12-13/h7,11,13H,5H2,1-4H3,(H2,10,12). The molecule has 4 nitrogen and oxygen atoms in total. The second-order valence-electron chi connectivity index (χ2n) is 4.85. The van der Waals surface area contributed by atoms with Crippen molar-refractivity contribution in [2.45, 2.75) is 33.7 Å². The monoisotopic (exact) mass is 185 g/mol. The molecular formula is C9H19N3O. The Kier molecular flexibility index (Phi) is 2.28. The number of oxime groups is 1. The minimum Gasteiger partial charge on any atom is -0.409 e. The van der Waals surface area contributed by atoms with Gasteiger partial charge in [-0.2, -0.15) is 0 Å². The first kappa shape index (κ1) is 10.3. The van der Waals surface area contributed by atoms with Crippen LogP contribution in [0.25, 0.3) is 0 Å². The fourth-order valence-electron chi connectivity index (χ4n) is 1.95. The van der Waals surface area contributed by atoms with Crippen LogP contribution >= 0.6 is 0 Å². The van der Waals surface area contributed by atoms with Crippen molar-refractivity contribution in [3.63, 3.8) is 0 Å². The molecule has 4 N–H and O–H groups in total. The van der Waals surface area contributed by atoms with E-state index in [4.69, 9.17) is 10.9 Å². The molecular weight excluding hydrogens is 166 g/mol. The lowest BCUT2D eigenvalue weighted by Gasteiger charge is -2.04. The maximum atomic E-state index is 8.35. The summed E-state index contributed by atoms with van der Waals surface area (Å²) >= 11 is 0. The molecule has 0 aromatic rings. The number of nitrogens with two attached hydrogens (primary N) is 1. The highest BCUT2D eigenvalue weighted by atomic mass is 16.4. The molecule has 1 saturated carbocycles. The van der Waals surface area contributed by atoms with Gasteiger partial charge in [-0.3, -0.25) is 0 Å². The highest BCUT2D eigenvalue weighted by Crippen LogP contribution is 2.62. The van der Waals surface area contributed by atoms with Crippen molar-refractivity contribution in [2.24, 2.45) is 21.7 Å². The van der Waals surface area contributed by atoms with Gasteiger partial charge in [-0.05, 0) is 10.8 Å². The van der Waals surface area contributed by atoms with Crippen LogP contribution in [0, 0.1) is 10.8 Å². The molecule has 0 radical (unpaired) electrons. The van der Waals surface area contributed by atoms with E-state index in [0.29, 0.717) is 23.4 Å². The minimum absolute atomic E-state index is 0.235. The van der Waals surface area contributed by atoms with Gasteiger partial charge in [-0.1, -0.05) is 32.9 Å². The zero-order valence-electron chi connectivity index (χ0n) is 8.76. The summed E-state index contributed by atoms with van der Waals surface area (Å²) in [5.41, 5.74) is 5.95. The quantitative estimate of drug-likeness (QED) is 0.263. The Morgan fingerprint density at radius 1 is 1.38 bits per heavy atom. The first-order chi connectivity index (χ1) is 5.84. The number of nitrogens with zero attached hydrogens (tertiary/aromatic N) is 1. The van der Waals surface area contributed by atoms with Crippen LogP contribution in [0.1, 0.15) is 27.7 Å². The molecule has 4 heteroatoms. The Morgan fingerprint density at radius 2 is 1.85 bits per heavy atom. The van der Waals surface area contributed by atoms with Crippen LogP contribution in [0.4, 0.5) is 0 Å². The number of hydrogen-bond acceptors (Lipinski definition) is 3. The molecule has 0 aromatic heterocycles. The van der Waals surface area contributed by atoms with Gasteiger partial charge in [0.2, 0.25) is 0 Å². The number of hydrogen-bond donors (Lipinski definition) is 3. The zero-order valence-corrected chi connectivity index (χ0v) is 8.76. The van der Waals surface area contributed by atoms with Crippen molar-refractivity contribution >= 4 is 5.84 Å². The number of amidine groups is 1.